The maximum atomic E-state index is 4.90. The molecule has 0 unspecified atom stereocenters. The van der Waals surface area contributed by atoms with Crippen molar-refractivity contribution in [2.24, 2.45) is 0 Å². The SMILES string of the molecule is CC(C)c1cnc(Nc2cccc(C3(C)CC3)c2)nc1N1CCNCC1. The van der Waals surface area contributed by atoms with Crippen LogP contribution in [0.1, 0.15) is 50.7 Å². The number of hydrogen-bond acceptors (Lipinski definition) is 5. The van der Waals surface area contributed by atoms with Crippen molar-refractivity contribution < 1.29 is 0 Å². The molecule has 1 aromatic carbocycles. The molecule has 2 fully saturated rings. The smallest absolute Gasteiger partial charge is 0.229 e. The summed E-state index contributed by atoms with van der Waals surface area (Å²) in [5.41, 5.74) is 4.06. The molecule has 0 radical (unpaired) electrons. The number of rotatable bonds is 5. The highest BCUT2D eigenvalue weighted by Crippen LogP contribution is 2.48. The van der Waals surface area contributed by atoms with E-state index in [4.69, 9.17) is 4.98 Å². The molecule has 1 aliphatic heterocycles. The van der Waals surface area contributed by atoms with Gasteiger partial charge in [-0.25, -0.2) is 4.98 Å². The molecule has 0 spiro atoms. The minimum Gasteiger partial charge on any atom is -0.354 e. The van der Waals surface area contributed by atoms with E-state index >= 15 is 0 Å². The van der Waals surface area contributed by atoms with E-state index in [0.29, 0.717) is 17.3 Å². The summed E-state index contributed by atoms with van der Waals surface area (Å²) in [4.78, 5) is 11.9. The van der Waals surface area contributed by atoms with Crippen LogP contribution in [0.2, 0.25) is 0 Å². The first kappa shape index (κ1) is 17.3. The monoisotopic (exact) mass is 351 g/mol. The van der Waals surface area contributed by atoms with Gasteiger partial charge in [-0.1, -0.05) is 32.9 Å². The molecule has 5 nitrogen and oxygen atoms in total. The maximum Gasteiger partial charge on any atom is 0.229 e. The second-order valence-corrected chi connectivity index (χ2v) is 8.13. The standard InChI is InChI=1S/C21H29N5/c1-15(2)18-14-23-20(25-19(18)26-11-9-22-10-12-26)24-17-6-4-5-16(13-17)21(3)7-8-21/h4-6,13-15,22H,7-12H2,1-3H3,(H,23,24,25). The number of aromatic nitrogens is 2. The zero-order valence-corrected chi connectivity index (χ0v) is 16.0. The zero-order chi connectivity index (χ0) is 18.1. The Morgan fingerprint density at radius 3 is 2.65 bits per heavy atom. The first-order valence-electron chi connectivity index (χ1n) is 9.75. The molecule has 0 bridgehead atoms. The number of nitrogens with zero attached hydrogens (tertiary/aromatic N) is 3. The summed E-state index contributed by atoms with van der Waals surface area (Å²) < 4.78 is 0. The Bertz CT molecular complexity index is 776. The first-order chi connectivity index (χ1) is 12.5. The highest BCUT2D eigenvalue weighted by atomic mass is 15.3. The third kappa shape index (κ3) is 3.54. The zero-order valence-electron chi connectivity index (χ0n) is 16.0. The summed E-state index contributed by atoms with van der Waals surface area (Å²) in [6.07, 6.45) is 4.55. The van der Waals surface area contributed by atoms with Gasteiger partial charge in [0.25, 0.3) is 0 Å². The summed E-state index contributed by atoms with van der Waals surface area (Å²) in [7, 11) is 0. The van der Waals surface area contributed by atoms with Crippen molar-refractivity contribution in [3.05, 3.63) is 41.6 Å². The highest BCUT2D eigenvalue weighted by Gasteiger charge is 2.38. The van der Waals surface area contributed by atoms with Gasteiger partial charge in [0.2, 0.25) is 5.95 Å². The van der Waals surface area contributed by atoms with Crippen LogP contribution in [0.4, 0.5) is 17.5 Å². The highest BCUT2D eigenvalue weighted by molar-refractivity contribution is 5.59. The summed E-state index contributed by atoms with van der Waals surface area (Å²) in [5, 5.41) is 6.84. The van der Waals surface area contributed by atoms with Gasteiger partial charge in [0, 0.05) is 43.6 Å². The van der Waals surface area contributed by atoms with Crippen molar-refractivity contribution in [2.75, 3.05) is 36.4 Å². The molecule has 1 saturated carbocycles. The Morgan fingerprint density at radius 2 is 1.96 bits per heavy atom. The number of hydrogen-bond donors (Lipinski definition) is 2. The molecule has 1 saturated heterocycles. The molecule has 2 N–H and O–H groups in total. The van der Waals surface area contributed by atoms with Crippen LogP contribution in [0.5, 0.6) is 0 Å². The van der Waals surface area contributed by atoms with E-state index in [2.05, 4.69) is 65.6 Å². The molecule has 0 amide bonds. The van der Waals surface area contributed by atoms with Gasteiger partial charge in [-0.05, 0) is 41.9 Å². The van der Waals surface area contributed by atoms with Crippen molar-refractivity contribution in [2.45, 2.75) is 44.9 Å². The van der Waals surface area contributed by atoms with Gasteiger partial charge in [0.1, 0.15) is 5.82 Å². The molecule has 1 aliphatic carbocycles. The Balaban J connectivity index is 1.60. The van der Waals surface area contributed by atoms with E-state index in [0.717, 1.165) is 37.7 Å². The molecule has 138 valence electrons. The van der Waals surface area contributed by atoms with E-state index < -0.39 is 0 Å². The minimum absolute atomic E-state index is 0.367. The Kier molecular flexibility index (Phi) is 4.57. The van der Waals surface area contributed by atoms with Gasteiger partial charge in [-0.3, -0.25) is 0 Å². The van der Waals surface area contributed by atoms with Gasteiger partial charge in [0.05, 0.1) is 0 Å². The van der Waals surface area contributed by atoms with Crippen molar-refractivity contribution >= 4 is 17.5 Å². The Labute approximate surface area is 156 Å². The summed E-state index contributed by atoms with van der Waals surface area (Å²) >= 11 is 0. The summed E-state index contributed by atoms with van der Waals surface area (Å²) in [6, 6.07) is 8.70. The third-order valence-electron chi connectivity index (χ3n) is 5.65. The van der Waals surface area contributed by atoms with E-state index in [-0.39, 0.29) is 0 Å². The van der Waals surface area contributed by atoms with E-state index in [1.54, 1.807) is 0 Å². The van der Waals surface area contributed by atoms with E-state index in [1.165, 1.54) is 24.0 Å². The molecule has 2 heterocycles. The van der Waals surface area contributed by atoms with E-state index in [9.17, 15) is 0 Å². The van der Waals surface area contributed by atoms with Crippen LogP contribution in [-0.2, 0) is 5.41 Å². The van der Waals surface area contributed by atoms with Crippen LogP contribution in [0.15, 0.2) is 30.5 Å². The minimum atomic E-state index is 0.367. The molecule has 2 aromatic rings. The van der Waals surface area contributed by atoms with Crippen LogP contribution >= 0.6 is 0 Å². The number of piperazine rings is 1. The lowest BCUT2D eigenvalue weighted by Crippen LogP contribution is -2.44. The second-order valence-electron chi connectivity index (χ2n) is 8.13. The van der Waals surface area contributed by atoms with Crippen molar-refractivity contribution in [3.63, 3.8) is 0 Å². The lowest BCUT2D eigenvalue weighted by molar-refractivity contribution is 0.581. The van der Waals surface area contributed by atoms with Gasteiger partial charge >= 0.3 is 0 Å². The third-order valence-corrected chi connectivity index (χ3v) is 5.65. The van der Waals surface area contributed by atoms with Crippen LogP contribution < -0.4 is 15.5 Å². The van der Waals surface area contributed by atoms with Gasteiger partial charge in [-0.15, -0.1) is 0 Å². The average Bonchev–Trinajstić information content (AvgIpc) is 3.41. The predicted octanol–water partition coefficient (Wildman–Crippen LogP) is 3.80. The lowest BCUT2D eigenvalue weighted by atomic mass is 9.98. The van der Waals surface area contributed by atoms with Crippen molar-refractivity contribution in [1.82, 2.24) is 15.3 Å². The second kappa shape index (κ2) is 6.88. The van der Waals surface area contributed by atoms with Crippen LogP contribution in [0.25, 0.3) is 0 Å². The fraction of sp³-hybridized carbons (Fsp3) is 0.524. The van der Waals surface area contributed by atoms with Crippen LogP contribution in [0, 0.1) is 0 Å². The lowest BCUT2D eigenvalue weighted by Gasteiger charge is -2.30. The topological polar surface area (TPSA) is 53.1 Å². The molecule has 5 heteroatoms. The molecule has 0 atom stereocenters. The fourth-order valence-corrected chi connectivity index (χ4v) is 3.56. The maximum absolute atomic E-state index is 4.90. The number of nitrogens with one attached hydrogen (secondary N) is 2. The van der Waals surface area contributed by atoms with Crippen molar-refractivity contribution in [3.8, 4) is 0 Å². The predicted molar refractivity (Wildman–Crippen MR) is 108 cm³/mol. The summed E-state index contributed by atoms with van der Waals surface area (Å²) in [5.74, 6) is 2.16. The molecule has 1 aromatic heterocycles. The molecular formula is C21H29N5. The van der Waals surface area contributed by atoms with E-state index in [1.807, 2.05) is 6.20 Å². The fourth-order valence-electron chi connectivity index (χ4n) is 3.56. The van der Waals surface area contributed by atoms with Crippen molar-refractivity contribution in [1.29, 1.82) is 0 Å². The molecule has 2 aliphatic rings. The normalized spacial score (nSPS) is 18.8. The molecule has 4 rings (SSSR count). The van der Waals surface area contributed by atoms with Gasteiger partial charge in [-0.2, -0.15) is 4.98 Å². The molecule has 26 heavy (non-hydrogen) atoms. The van der Waals surface area contributed by atoms with Gasteiger partial charge in [0.15, 0.2) is 0 Å². The molecular weight excluding hydrogens is 322 g/mol. The number of anilines is 3. The first-order valence-corrected chi connectivity index (χ1v) is 9.75. The summed E-state index contributed by atoms with van der Waals surface area (Å²) in [6.45, 7) is 10.7. The Hall–Kier alpha value is -2.14. The van der Waals surface area contributed by atoms with Crippen LogP contribution in [-0.4, -0.2) is 36.1 Å². The Morgan fingerprint density at radius 1 is 1.19 bits per heavy atom. The van der Waals surface area contributed by atoms with Gasteiger partial charge < -0.3 is 15.5 Å². The quantitative estimate of drug-likeness (QED) is 0.858. The average molecular weight is 351 g/mol. The number of benzene rings is 1. The van der Waals surface area contributed by atoms with Crippen LogP contribution in [0.3, 0.4) is 0 Å². The largest absolute Gasteiger partial charge is 0.354 e.